The molecule has 0 unspecified atom stereocenters. The third-order valence-corrected chi connectivity index (χ3v) is 3.87. The molecule has 2 aromatic carbocycles. The van der Waals surface area contributed by atoms with Crippen molar-refractivity contribution in [3.63, 3.8) is 0 Å². The van der Waals surface area contributed by atoms with Crippen LogP contribution in [-0.2, 0) is 6.54 Å². The van der Waals surface area contributed by atoms with Crippen LogP contribution in [0.4, 0.5) is 0 Å². The highest BCUT2D eigenvalue weighted by molar-refractivity contribution is 9.11. The maximum Gasteiger partial charge on any atom is 0.253 e. The molecule has 104 valence electrons. The molecule has 0 spiro atoms. The Labute approximate surface area is 136 Å². The van der Waals surface area contributed by atoms with Gasteiger partial charge in [-0.15, -0.1) is 0 Å². The third kappa shape index (κ3) is 3.93. The number of aryl methyl sites for hydroxylation is 1. The number of benzene rings is 2. The molecule has 0 radical (unpaired) electrons. The largest absolute Gasteiger partial charge is 0.337 e. The smallest absolute Gasteiger partial charge is 0.253 e. The molecule has 0 bridgehead atoms. The lowest BCUT2D eigenvalue weighted by Crippen LogP contribution is -2.26. The first-order chi connectivity index (χ1) is 9.45. The Bertz CT molecular complexity index is 620. The number of carbonyl (C=O) groups is 1. The highest BCUT2D eigenvalue weighted by Gasteiger charge is 2.13. The third-order valence-electron chi connectivity index (χ3n) is 2.96. The first-order valence-electron chi connectivity index (χ1n) is 6.23. The molecule has 0 saturated heterocycles. The minimum absolute atomic E-state index is 0.00788. The summed E-state index contributed by atoms with van der Waals surface area (Å²) in [7, 11) is 1.82. The summed E-state index contributed by atoms with van der Waals surface area (Å²) in [5.41, 5.74) is 3.00. The standard InChI is InChI=1S/C16H15Br2NO/c1-11-4-3-5-12(6-11)10-19(2)16(20)13-7-14(17)9-15(18)8-13/h3-9H,10H2,1-2H3. The fourth-order valence-corrected chi connectivity index (χ4v) is 3.35. The SMILES string of the molecule is Cc1cccc(CN(C)C(=O)c2cc(Br)cc(Br)c2)c1. The Morgan fingerprint density at radius 2 is 1.75 bits per heavy atom. The van der Waals surface area contributed by atoms with E-state index in [0.29, 0.717) is 12.1 Å². The average molecular weight is 397 g/mol. The second-order valence-electron chi connectivity index (χ2n) is 4.81. The monoisotopic (exact) mass is 395 g/mol. The first-order valence-corrected chi connectivity index (χ1v) is 7.81. The number of hydrogen-bond acceptors (Lipinski definition) is 1. The minimum atomic E-state index is 0.00788. The van der Waals surface area contributed by atoms with Crippen LogP contribution < -0.4 is 0 Å². The summed E-state index contributed by atoms with van der Waals surface area (Å²) >= 11 is 6.81. The van der Waals surface area contributed by atoms with Crippen LogP contribution in [0.15, 0.2) is 51.4 Å². The Kier molecular flexibility index (Phi) is 5.00. The lowest BCUT2D eigenvalue weighted by molar-refractivity contribution is 0.0785. The zero-order chi connectivity index (χ0) is 14.7. The van der Waals surface area contributed by atoms with Crippen molar-refractivity contribution in [2.24, 2.45) is 0 Å². The normalized spacial score (nSPS) is 10.4. The molecule has 0 atom stereocenters. The summed E-state index contributed by atoms with van der Waals surface area (Å²) in [6.07, 6.45) is 0. The number of nitrogens with zero attached hydrogens (tertiary/aromatic N) is 1. The van der Waals surface area contributed by atoms with E-state index < -0.39 is 0 Å². The molecule has 20 heavy (non-hydrogen) atoms. The van der Waals surface area contributed by atoms with Crippen LogP contribution in [0.2, 0.25) is 0 Å². The molecule has 2 rings (SSSR count). The highest BCUT2D eigenvalue weighted by Crippen LogP contribution is 2.21. The van der Waals surface area contributed by atoms with Gasteiger partial charge in [-0.2, -0.15) is 0 Å². The van der Waals surface area contributed by atoms with E-state index in [1.807, 2.05) is 37.4 Å². The molecule has 0 aliphatic heterocycles. The molecule has 0 saturated carbocycles. The molecule has 0 aromatic heterocycles. The molecule has 4 heteroatoms. The van der Waals surface area contributed by atoms with Gasteiger partial charge in [-0.05, 0) is 30.7 Å². The van der Waals surface area contributed by atoms with Crippen LogP contribution in [0.25, 0.3) is 0 Å². The Morgan fingerprint density at radius 1 is 1.10 bits per heavy atom. The van der Waals surface area contributed by atoms with E-state index in [4.69, 9.17) is 0 Å². The second-order valence-corrected chi connectivity index (χ2v) is 6.64. The van der Waals surface area contributed by atoms with Gasteiger partial charge in [0.1, 0.15) is 0 Å². The fourth-order valence-electron chi connectivity index (χ4n) is 2.05. The molecule has 0 aliphatic carbocycles. The Morgan fingerprint density at radius 3 is 2.35 bits per heavy atom. The van der Waals surface area contributed by atoms with Crippen molar-refractivity contribution >= 4 is 37.8 Å². The predicted molar refractivity (Wildman–Crippen MR) is 88.8 cm³/mol. The summed E-state index contributed by atoms with van der Waals surface area (Å²) in [6, 6.07) is 13.8. The van der Waals surface area contributed by atoms with Crippen molar-refractivity contribution in [2.75, 3.05) is 7.05 Å². The number of rotatable bonds is 3. The van der Waals surface area contributed by atoms with Gasteiger partial charge in [0.05, 0.1) is 0 Å². The van der Waals surface area contributed by atoms with Crippen LogP contribution in [0, 0.1) is 6.92 Å². The molecule has 0 heterocycles. The van der Waals surface area contributed by atoms with Gasteiger partial charge in [0.2, 0.25) is 0 Å². The molecule has 1 amide bonds. The average Bonchev–Trinajstić information content (AvgIpc) is 2.36. The van der Waals surface area contributed by atoms with Crippen LogP contribution in [-0.4, -0.2) is 17.9 Å². The number of hydrogen-bond donors (Lipinski definition) is 0. The van der Waals surface area contributed by atoms with Gasteiger partial charge in [-0.1, -0.05) is 61.7 Å². The number of amides is 1. The lowest BCUT2D eigenvalue weighted by atomic mass is 10.1. The van der Waals surface area contributed by atoms with E-state index in [-0.39, 0.29) is 5.91 Å². The molecule has 2 nitrogen and oxygen atoms in total. The zero-order valence-electron chi connectivity index (χ0n) is 11.4. The summed E-state index contributed by atoms with van der Waals surface area (Å²) in [5, 5.41) is 0. The van der Waals surface area contributed by atoms with Gasteiger partial charge in [0, 0.05) is 28.1 Å². The molecule has 2 aromatic rings. The van der Waals surface area contributed by atoms with Gasteiger partial charge < -0.3 is 4.90 Å². The van der Waals surface area contributed by atoms with Gasteiger partial charge in [-0.25, -0.2) is 0 Å². The van der Waals surface area contributed by atoms with Crippen molar-refractivity contribution < 1.29 is 4.79 Å². The summed E-state index contributed by atoms with van der Waals surface area (Å²) in [6.45, 7) is 2.65. The van der Waals surface area contributed by atoms with Gasteiger partial charge >= 0.3 is 0 Å². The van der Waals surface area contributed by atoms with E-state index in [1.54, 1.807) is 4.90 Å². The molecule has 0 N–H and O–H groups in total. The summed E-state index contributed by atoms with van der Waals surface area (Å²) in [5.74, 6) is 0.00788. The lowest BCUT2D eigenvalue weighted by Gasteiger charge is -2.18. The quantitative estimate of drug-likeness (QED) is 0.730. The minimum Gasteiger partial charge on any atom is -0.337 e. The van der Waals surface area contributed by atoms with Crippen LogP contribution in [0.1, 0.15) is 21.5 Å². The maximum absolute atomic E-state index is 12.4. The van der Waals surface area contributed by atoms with E-state index in [2.05, 4.69) is 50.9 Å². The van der Waals surface area contributed by atoms with Crippen LogP contribution in [0.5, 0.6) is 0 Å². The summed E-state index contributed by atoms with van der Waals surface area (Å²) < 4.78 is 1.78. The van der Waals surface area contributed by atoms with Crippen molar-refractivity contribution in [1.29, 1.82) is 0 Å². The van der Waals surface area contributed by atoms with Crippen LogP contribution in [0.3, 0.4) is 0 Å². The van der Waals surface area contributed by atoms with Crippen molar-refractivity contribution in [2.45, 2.75) is 13.5 Å². The first kappa shape index (κ1) is 15.3. The van der Waals surface area contributed by atoms with Gasteiger partial charge in [-0.3, -0.25) is 4.79 Å². The van der Waals surface area contributed by atoms with Gasteiger partial charge in [0.25, 0.3) is 5.91 Å². The molecular formula is C16H15Br2NO. The Hall–Kier alpha value is -1.13. The highest BCUT2D eigenvalue weighted by atomic mass is 79.9. The van der Waals surface area contributed by atoms with E-state index >= 15 is 0 Å². The second kappa shape index (κ2) is 6.55. The topological polar surface area (TPSA) is 20.3 Å². The number of carbonyl (C=O) groups excluding carboxylic acids is 1. The maximum atomic E-state index is 12.4. The Balaban J connectivity index is 2.16. The van der Waals surface area contributed by atoms with Gasteiger partial charge in [0.15, 0.2) is 0 Å². The van der Waals surface area contributed by atoms with E-state index in [0.717, 1.165) is 14.5 Å². The van der Waals surface area contributed by atoms with Crippen molar-refractivity contribution in [3.05, 3.63) is 68.1 Å². The van der Waals surface area contributed by atoms with E-state index in [1.165, 1.54) is 5.56 Å². The molecule has 0 fully saturated rings. The van der Waals surface area contributed by atoms with E-state index in [9.17, 15) is 4.79 Å². The van der Waals surface area contributed by atoms with Crippen molar-refractivity contribution in [3.8, 4) is 0 Å². The number of halogens is 2. The zero-order valence-corrected chi connectivity index (χ0v) is 14.5. The van der Waals surface area contributed by atoms with Crippen molar-refractivity contribution in [1.82, 2.24) is 4.90 Å². The molecular weight excluding hydrogens is 382 g/mol. The van der Waals surface area contributed by atoms with Crippen LogP contribution >= 0.6 is 31.9 Å². The summed E-state index contributed by atoms with van der Waals surface area (Å²) in [4.78, 5) is 14.1. The fraction of sp³-hybridized carbons (Fsp3) is 0.188. The molecule has 0 aliphatic rings. The predicted octanol–water partition coefficient (Wildman–Crippen LogP) is 4.79.